The Labute approximate surface area is 209 Å². The summed E-state index contributed by atoms with van der Waals surface area (Å²) in [7, 11) is 0. The van der Waals surface area contributed by atoms with Crippen LogP contribution in [-0.4, -0.2) is 54.9 Å². The normalized spacial score (nSPS) is 19.2. The molecule has 2 amide bonds. The van der Waals surface area contributed by atoms with Crippen molar-refractivity contribution in [2.75, 3.05) is 26.2 Å². The number of guanidine groups is 1. The van der Waals surface area contributed by atoms with Crippen LogP contribution in [0.3, 0.4) is 0 Å². The molecule has 8 heteroatoms. The van der Waals surface area contributed by atoms with Gasteiger partial charge in [-0.05, 0) is 50.8 Å². The minimum atomic E-state index is -0.0629. The third-order valence-electron chi connectivity index (χ3n) is 6.09. The van der Waals surface area contributed by atoms with Crippen LogP contribution < -0.4 is 16.0 Å². The molecule has 0 radical (unpaired) electrons. The average molecular weight is 556 g/mol. The van der Waals surface area contributed by atoms with Crippen molar-refractivity contribution < 1.29 is 9.59 Å². The molecule has 1 aliphatic carbocycles. The Morgan fingerprint density at radius 1 is 1.06 bits per heavy atom. The van der Waals surface area contributed by atoms with Gasteiger partial charge in [0, 0.05) is 43.7 Å². The van der Waals surface area contributed by atoms with E-state index < -0.39 is 0 Å². The van der Waals surface area contributed by atoms with E-state index >= 15 is 0 Å². The number of nitrogens with one attached hydrogen (secondary N) is 3. The number of hydrogen-bond donors (Lipinski definition) is 3. The van der Waals surface area contributed by atoms with E-state index in [0.717, 1.165) is 50.4 Å². The number of benzene rings is 1. The molecule has 1 saturated carbocycles. The number of likely N-dealkylation sites (tertiary alicyclic amines) is 1. The van der Waals surface area contributed by atoms with Crippen LogP contribution in [0.1, 0.15) is 68.3 Å². The molecule has 0 spiro atoms. The predicted molar refractivity (Wildman–Crippen MR) is 139 cm³/mol. The minimum Gasteiger partial charge on any atom is -0.357 e. The minimum absolute atomic E-state index is 0. The average Bonchev–Trinajstić information content (AvgIpc) is 3.26. The first-order chi connectivity index (χ1) is 15.1. The van der Waals surface area contributed by atoms with Crippen LogP contribution in [-0.2, 0) is 11.3 Å². The van der Waals surface area contributed by atoms with Crippen LogP contribution in [0.4, 0.5) is 0 Å². The molecule has 1 atom stereocenters. The van der Waals surface area contributed by atoms with Gasteiger partial charge in [-0.25, -0.2) is 4.99 Å². The van der Waals surface area contributed by atoms with Crippen LogP contribution in [0.15, 0.2) is 29.3 Å². The molecule has 2 aliphatic rings. The molecule has 1 aromatic rings. The summed E-state index contributed by atoms with van der Waals surface area (Å²) in [6.07, 6.45) is 6.67. The van der Waals surface area contributed by atoms with Crippen LogP contribution in [0, 0.1) is 5.92 Å². The molecule has 0 bridgehead atoms. The topological polar surface area (TPSA) is 85.8 Å². The van der Waals surface area contributed by atoms with Crippen LogP contribution in [0.5, 0.6) is 0 Å². The monoisotopic (exact) mass is 555 g/mol. The van der Waals surface area contributed by atoms with Gasteiger partial charge in [0.1, 0.15) is 0 Å². The Morgan fingerprint density at radius 3 is 2.53 bits per heavy atom. The molecular formula is C24H38IN5O2. The highest BCUT2D eigenvalue weighted by Gasteiger charge is 2.31. The first-order valence-electron chi connectivity index (χ1n) is 11.8. The highest BCUT2D eigenvalue weighted by Crippen LogP contribution is 2.26. The van der Waals surface area contributed by atoms with Crippen molar-refractivity contribution in [1.29, 1.82) is 0 Å². The number of aliphatic imine (C=N–C) groups is 1. The molecule has 1 saturated heterocycles. The van der Waals surface area contributed by atoms with E-state index in [1.165, 1.54) is 19.3 Å². The molecule has 178 valence electrons. The van der Waals surface area contributed by atoms with Crippen molar-refractivity contribution in [3.63, 3.8) is 0 Å². The lowest BCUT2D eigenvalue weighted by Gasteiger charge is -2.26. The maximum atomic E-state index is 12.8. The van der Waals surface area contributed by atoms with Crippen LogP contribution in [0.25, 0.3) is 0 Å². The van der Waals surface area contributed by atoms with Gasteiger partial charge in [-0.2, -0.15) is 0 Å². The molecule has 32 heavy (non-hydrogen) atoms. The Balaban J connectivity index is 0.00000363. The number of nitrogens with zero attached hydrogens (tertiary/aromatic N) is 2. The molecule has 3 N–H and O–H groups in total. The number of halogens is 1. The van der Waals surface area contributed by atoms with Crippen LogP contribution >= 0.6 is 24.0 Å². The first-order valence-corrected chi connectivity index (χ1v) is 11.8. The lowest BCUT2D eigenvalue weighted by atomic mass is 9.88. The molecule has 0 aromatic heterocycles. The van der Waals surface area contributed by atoms with Crippen molar-refractivity contribution in [1.82, 2.24) is 20.9 Å². The lowest BCUT2D eigenvalue weighted by Crippen LogP contribution is -2.45. The van der Waals surface area contributed by atoms with E-state index in [9.17, 15) is 9.59 Å². The summed E-state index contributed by atoms with van der Waals surface area (Å²) in [6, 6.07) is 7.79. The van der Waals surface area contributed by atoms with Gasteiger partial charge in [-0.3, -0.25) is 9.59 Å². The number of carbonyl (C=O) groups excluding carboxylic acids is 2. The molecule has 1 heterocycles. The van der Waals surface area contributed by atoms with Gasteiger partial charge in [0.25, 0.3) is 5.91 Å². The second-order valence-electron chi connectivity index (χ2n) is 8.50. The molecule has 7 nitrogen and oxygen atoms in total. The van der Waals surface area contributed by atoms with E-state index in [2.05, 4.69) is 16.0 Å². The van der Waals surface area contributed by atoms with E-state index in [4.69, 9.17) is 4.99 Å². The Kier molecular flexibility index (Phi) is 11.3. The second-order valence-corrected chi connectivity index (χ2v) is 8.50. The van der Waals surface area contributed by atoms with Crippen molar-refractivity contribution in [2.24, 2.45) is 10.9 Å². The highest BCUT2D eigenvalue weighted by molar-refractivity contribution is 14.0. The van der Waals surface area contributed by atoms with Gasteiger partial charge in [-0.1, -0.05) is 31.4 Å². The SMILES string of the molecule is CCNC(=O)c1cccc(CN=C(NCC)NC2CCN(C(=O)C3CCCCC3)C2)c1.I. The molecule has 1 unspecified atom stereocenters. The number of carbonyl (C=O) groups is 2. The number of rotatable bonds is 7. The number of amides is 2. The zero-order valence-corrected chi connectivity index (χ0v) is 21.7. The fourth-order valence-corrected chi connectivity index (χ4v) is 4.44. The maximum absolute atomic E-state index is 12.8. The zero-order chi connectivity index (χ0) is 22.1. The van der Waals surface area contributed by atoms with Crippen molar-refractivity contribution in [2.45, 2.75) is 65.0 Å². The summed E-state index contributed by atoms with van der Waals surface area (Å²) in [5, 5.41) is 9.63. The molecule has 3 rings (SSSR count). The second kappa shape index (κ2) is 13.6. The maximum Gasteiger partial charge on any atom is 0.251 e. The van der Waals surface area contributed by atoms with E-state index in [1.54, 1.807) is 0 Å². The van der Waals surface area contributed by atoms with Gasteiger partial charge in [0.15, 0.2) is 5.96 Å². The van der Waals surface area contributed by atoms with E-state index in [0.29, 0.717) is 24.6 Å². The summed E-state index contributed by atoms with van der Waals surface area (Å²) in [6.45, 7) is 7.38. The predicted octanol–water partition coefficient (Wildman–Crippen LogP) is 3.29. The standard InChI is InChI=1S/C24H37N5O2.HI/c1-3-25-22(30)20-12-8-9-18(15-20)16-27-24(26-4-2)28-21-13-14-29(17-21)23(31)19-10-6-5-7-11-19;/h8-9,12,15,19,21H,3-7,10-11,13-14,16-17H2,1-2H3,(H,25,30)(H2,26,27,28);1H. The fourth-order valence-electron chi connectivity index (χ4n) is 4.44. The van der Waals surface area contributed by atoms with E-state index in [1.807, 2.05) is 43.0 Å². The summed E-state index contributed by atoms with van der Waals surface area (Å²) < 4.78 is 0. The third-order valence-corrected chi connectivity index (χ3v) is 6.09. The van der Waals surface area contributed by atoms with Crippen molar-refractivity contribution in [3.8, 4) is 0 Å². The van der Waals surface area contributed by atoms with Crippen molar-refractivity contribution >= 4 is 41.8 Å². The zero-order valence-electron chi connectivity index (χ0n) is 19.4. The van der Waals surface area contributed by atoms with Gasteiger partial charge in [0.2, 0.25) is 5.91 Å². The Morgan fingerprint density at radius 2 is 1.81 bits per heavy atom. The molecular weight excluding hydrogens is 517 g/mol. The van der Waals surface area contributed by atoms with Crippen molar-refractivity contribution in [3.05, 3.63) is 35.4 Å². The van der Waals surface area contributed by atoms with E-state index in [-0.39, 0.29) is 41.8 Å². The first kappa shape index (κ1) is 26.4. The number of hydrogen-bond acceptors (Lipinski definition) is 3. The fraction of sp³-hybridized carbons (Fsp3) is 0.625. The third kappa shape index (κ3) is 7.64. The largest absolute Gasteiger partial charge is 0.357 e. The summed E-state index contributed by atoms with van der Waals surface area (Å²) in [5.74, 6) is 1.26. The Bertz CT molecular complexity index is 779. The van der Waals surface area contributed by atoms with Gasteiger partial charge in [-0.15, -0.1) is 24.0 Å². The summed E-state index contributed by atoms with van der Waals surface area (Å²) in [4.78, 5) is 31.6. The lowest BCUT2D eigenvalue weighted by molar-refractivity contribution is -0.135. The van der Waals surface area contributed by atoms with Gasteiger partial charge in [0.05, 0.1) is 6.54 Å². The smallest absolute Gasteiger partial charge is 0.251 e. The molecule has 1 aromatic carbocycles. The van der Waals surface area contributed by atoms with Gasteiger partial charge >= 0.3 is 0 Å². The van der Waals surface area contributed by atoms with Crippen LogP contribution in [0.2, 0.25) is 0 Å². The Hall–Kier alpha value is -1.84. The summed E-state index contributed by atoms with van der Waals surface area (Å²) in [5.41, 5.74) is 1.64. The summed E-state index contributed by atoms with van der Waals surface area (Å²) >= 11 is 0. The molecule has 1 aliphatic heterocycles. The highest BCUT2D eigenvalue weighted by atomic mass is 127. The quantitative estimate of drug-likeness (QED) is 0.274. The molecule has 2 fully saturated rings. The van der Waals surface area contributed by atoms with Gasteiger partial charge < -0.3 is 20.9 Å².